The molecule has 0 radical (unpaired) electrons. The van der Waals surface area contributed by atoms with E-state index >= 15 is 0 Å². The number of hydrazone groups is 1. The van der Waals surface area contributed by atoms with Crippen molar-refractivity contribution in [1.29, 1.82) is 0 Å². The standard InChI is InChI=1S/C16H18N2O2S/c1-3-14(15-8-5-9-21-15)17-18-16(19)11-20-13-7-4-6-12(2)10-13/h4-10H,3,11H2,1-2H3,(H,18,19)/b17-14-. The lowest BCUT2D eigenvalue weighted by atomic mass is 10.2. The van der Waals surface area contributed by atoms with E-state index in [0.29, 0.717) is 5.75 Å². The normalized spacial score (nSPS) is 11.2. The van der Waals surface area contributed by atoms with Gasteiger partial charge in [-0.05, 0) is 42.5 Å². The maximum absolute atomic E-state index is 11.8. The SMILES string of the molecule is CC/C(=N/NC(=O)COc1cccc(C)c1)c1cccs1. The van der Waals surface area contributed by atoms with E-state index in [4.69, 9.17) is 4.74 Å². The molecule has 0 bridgehead atoms. The van der Waals surface area contributed by atoms with E-state index in [1.54, 1.807) is 11.3 Å². The summed E-state index contributed by atoms with van der Waals surface area (Å²) in [6.07, 6.45) is 0.763. The van der Waals surface area contributed by atoms with Crippen LogP contribution in [-0.2, 0) is 4.79 Å². The smallest absolute Gasteiger partial charge is 0.277 e. The Bertz CT molecular complexity index is 621. The van der Waals surface area contributed by atoms with Crippen molar-refractivity contribution in [3.63, 3.8) is 0 Å². The van der Waals surface area contributed by atoms with Gasteiger partial charge >= 0.3 is 0 Å². The molecule has 0 unspecified atom stereocenters. The first-order chi connectivity index (χ1) is 10.2. The second-order valence-electron chi connectivity index (χ2n) is 4.53. The summed E-state index contributed by atoms with van der Waals surface area (Å²) >= 11 is 1.61. The second kappa shape index (κ2) is 7.59. The van der Waals surface area contributed by atoms with Crippen LogP contribution in [0, 0.1) is 6.92 Å². The summed E-state index contributed by atoms with van der Waals surface area (Å²) < 4.78 is 5.43. The van der Waals surface area contributed by atoms with Gasteiger partial charge in [0.2, 0.25) is 0 Å². The fraction of sp³-hybridized carbons (Fsp3) is 0.250. The number of nitrogens with one attached hydrogen (secondary N) is 1. The maximum atomic E-state index is 11.8. The van der Waals surface area contributed by atoms with Crippen molar-refractivity contribution in [2.24, 2.45) is 5.10 Å². The first kappa shape index (κ1) is 15.3. The first-order valence-electron chi connectivity index (χ1n) is 6.77. The minimum atomic E-state index is -0.265. The zero-order valence-corrected chi connectivity index (χ0v) is 12.9. The summed E-state index contributed by atoms with van der Waals surface area (Å²) in [6, 6.07) is 11.5. The van der Waals surface area contributed by atoms with Crippen LogP contribution in [-0.4, -0.2) is 18.2 Å². The summed E-state index contributed by atoms with van der Waals surface area (Å²) in [4.78, 5) is 12.8. The van der Waals surface area contributed by atoms with Crippen LogP contribution in [0.2, 0.25) is 0 Å². The van der Waals surface area contributed by atoms with Crippen LogP contribution in [0.25, 0.3) is 0 Å². The molecule has 4 nitrogen and oxygen atoms in total. The molecule has 1 aromatic heterocycles. The van der Waals surface area contributed by atoms with E-state index in [0.717, 1.165) is 22.6 Å². The Morgan fingerprint density at radius 3 is 2.86 bits per heavy atom. The highest BCUT2D eigenvalue weighted by atomic mass is 32.1. The van der Waals surface area contributed by atoms with Crippen LogP contribution in [0.3, 0.4) is 0 Å². The Morgan fingerprint density at radius 2 is 2.19 bits per heavy atom. The van der Waals surface area contributed by atoms with Gasteiger partial charge in [0, 0.05) is 0 Å². The molecule has 1 heterocycles. The zero-order valence-electron chi connectivity index (χ0n) is 12.1. The van der Waals surface area contributed by atoms with Crippen molar-refractivity contribution >= 4 is 23.0 Å². The Balaban J connectivity index is 1.87. The van der Waals surface area contributed by atoms with Crippen molar-refractivity contribution in [3.05, 3.63) is 52.2 Å². The number of thiophene rings is 1. The number of nitrogens with zero attached hydrogens (tertiary/aromatic N) is 1. The Kier molecular flexibility index (Phi) is 5.51. The van der Waals surface area contributed by atoms with Crippen molar-refractivity contribution in [2.75, 3.05) is 6.61 Å². The summed E-state index contributed by atoms with van der Waals surface area (Å²) in [5, 5.41) is 6.15. The van der Waals surface area contributed by atoms with Crippen molar-refractivity contribution in [2.45, 2.75) is 20.3 Å². The molecule has 1 N–H and O–H groups in total. The fourth-order valence-electron chi connectivity index (χ4n) is 1.77. The van der Waals surface area contributed by atoms with Crippen molar-refractivity contribution < 1.29 is 9.53 Å². The minimum absolute atomic E-state index is 0.0472. The predicted octanol–water partition coefficient (Wildman–Crippen LogP) is 3.37. The molecule has 5 heteroatoms. The third-order valence-corrected chi connectivity index (χ3v) is 3.73. The number of benzene rings is 1. The highest BCUT2D eigenvalue weighted by molar-refractivity contribution is 7.12. The molecule has 0 spiro atoms. The molecule has 0 saturated carbocycles. The molecule has 2 aromatic rings. The van der Waals surface area contributed by atoms with Gasteiger partial charge in [-0.15, -0.1) is 11.3 Å². The third-order valence-electron chi connectivity index (χ3n) is 2.82. The molecule has 0 saturated heterocycles. The van der Waals surface area contributed by atoms with Crippen molar-refractivity contribution in [3.8, 4) is 5.75 Å². The van der Waals surface area contributed by atoms with E-state index < -0.39 is 0 Å². The van der Waals surface area contributed by atoms with Gasteiger partial charge in [0.15, 0.2) is 6.61 Å². The number of hydrogen-bond donors (Lipinski definition) is 1. The van der Waals surface area contributed by atoms with E-state index in [9.17, 15) is 4.79 Å². The minimum Gasteiger partial charge on any atom is -0.484 e. The molecule has 1 aromatic carbocycles. The van der Waals surface area contributed by atoms with Crippen LogP contribution < -0.4 is 10.2 Å². The van der Waals surface area contributed by atoms with Gasteiger partial charge in [-0.3, -0.25) is 4.79 Å². The highest BCUT2D eigenvalue weighted by Crippen LogP contribution is 2.13. The summed E-state index contributed by atoms with van der Waals surface area (Å²) in [6.45, 7) is 3.94. The number of amides is 1. The molecule has 0 fully saturated rings. The lowest BCUT2D eigenvalue weighted by Crippen LogP contribution is -2.25. The van der Waals surface area contributed by atoms with E-state index in [-0.39, 0.29) is 12.5 Å². The average Bonchev–Trinajstić information content (AvgIpc) is 3.00. The van der Waals surface area contributed by atoms with Crippen LogP contribution in [0.5, 0.6) is 5.75 Å². The lowest BCUT2D eigenvalue weighted by molar-refractivity contribution is -0.123. The Labute approximate surface area is 128 Å². The summed E-state index contributed by atoms with van der Waals surface area (Å²) in [7, 11) is 0. The molecule has 2 rings (SSSR count). The molecule has 0 atom stereocenters. The monoisotopic (exact) mass is 302 g/mol. The molecule has 1 amide bonds. The summed E-state index contributed by atoms with van der Waals surface area (Å²) in [5.74, 6) is 0.419. The highest BCUT2D eigenvalue weighted by Gasteiger charge is 2.05. The van der Waals surface area contributed by atoms with Crippen molar-refractivity contribution in [1.82, 2.24) is 5.43 Å². The Hall–Kier alpha value is -2.14. The van der Waals surface area contributed by atoms with Crippen LogP contribution >= 0.6 is 11.3 Å². The van der Waals surface area contributed by atoms with Gasteiger partial charge < -0.3 is 4.74 Å². The summed E-state index contributed by atoms with van der Waals surface area (Å²) in [5.41, 5.74) is 4.50. The molecular weight excluding hydrogens is 284 g/mol. The van der Waals surface area contributed by atoms with Gasteiger partial charge in [-0.1, -0.05) is 25.1 Å². The van der Waals surface area contributed by atoms with E-state index in [2.05, 4.69) is 10.5 Å². The predicted molar refractivity (Wildman–Crippen MR) is 86.0 cm³/mol. The van der Waals surface area contributed by atoms with E-state index in [1.165, 1.54) is 0 Å². The van der Waals surface area contributed by atoms with Gasteiger partial charge in [0.1, 0.15) is 5.75 Å². The zero-order chi connectivity index (χ0) is 15.1. The molecule has 0 aliphatic carbocycles. The third kappa shape index (κ3) is 4.72. The molecule has 21 heavy (non-hydrogen) atoms. The number of hydrogen-bond acceptors (Lipinski definition) is 4. The van der Waals surface area contributed by atoms with Crippen LogP contribution in [0.4, 0.5) is 0 Å². The van der Waals surface area contributed by atoms with Gasteiger partial charge in [0.25, 0.3) is 5.91 Å². The van der Waals surface area contributed by atoms with E-state index in [1.807, 2.05) is 55.6 Å². The maximum Gasteiger partial charge on any atom is 0.277 e. The quantitative estimate of drug-likeness (QED) is 0.657. The van der Waals surface area contributed by atoms with Crippen LogP contribution in [0.15, 0.2) is 46.9 Å². The number of rotatable bonds is 6. The second-order valence-corrected chi connectivity index (χ2v) is 5.48. The lowest BCUT2D eigenvalue weighted by Gasteiger charge is -2.06. The number of carbonyl (C=O) groups excluding carboxylic acids is 1. The number of aryl methyl sites for hydroxylation is 1. The average molecular weight is 302 g/mol. The van der Waals surface area contributed by atoms with Crippen LogP contribution in [0.1, 0.15) is 23.8 Å². The van der Waals surface area contributed by atoms with Gasteiger partial charge in [0.05, 0.1) is 10.6 Å². The van der Waals surface area contributed by atoms with Gasteiger partial charge in [-0.25, -0.2) is 5.43 Å². The molecule has 0 aliphatic heterocycles. The molecular formula is C16H18N2O2S. The van der Waals surface area contributed by atoms with Gasteiger partial charge in [-0.2, -0.15) is 5.10 Å². The Morgan fingerprint density at radius 1 is 1.33 bits per heavy atom. The fourth-order valence-corrected chi connectivity index (χ4v) is 2.55. The number of ether oxygens (including phenoxy) is 1. The molecule has 110 valence electrons. The molecule has 0 aliphatic rings. The first-order valence-corrected chi connectivity index (χ1v) is 7.65. The largest absolute Gasteiger partial charge is 0.484 e. The topological polar surface area (TPSA) is 50.7 Å². The number of carbonyl (C=O) groups is 1.